The van der Waals surface area contributed by atoms with Crippen molar-refractivity contribution in [2.75, 3.05) is 23.3 Å². The summed E-state index contributed by atoms with van der Waals surface area (Å²) in [4.78, 5) is 6.43. The first-order valence-electron chi connectivity index (χ1n) is 7.02. The monoisotopic (exact) mass is 367 g/mol. The Labute approximate surface area is 139 Å². The van der Waals surface area contributed by atoms with Crippen LogP contribution in [0.25, 0.3) is 0 Å². The van der Waals surface area contributed by atoms with Gasteiger partial charge < -0.3 is 10.2 Å². The quantitative estimate of drug-likeness (QED) is 0.731. The molecule has 0 aliphatic heterocycles. The Hall–Kier alpha value is -1.26. The fraction of sp³-hybridized carbons (Fsp3) is 0.312. The summed E-state index contributed by atoms with van der Waals surface area (Å²) in [6.45, 7) is 7.15. The van der Waals surface area contributed by atoms with E-state index in [0.29, 0.717) is 5.15 Å². The minimum absolute atomic E-state index is 0.476. The summed E-state index contributed by atoms with van der Waals surface area (Å²) < 4.78 is 0.797. The van der Waals surface area contributed by atoms with Gasteiger partial charge in [0.2, 0.25) is 0 Å². The topological polar surface area (TPSA) is 28.2 Å². The van der Waals surface area contributed by atoms with E-state index in [1.807, 2.05) is 6.07 Å². The summed E-state index contributed by atoms with van der Waals surface area (Å²) in [6, 6.07) is 10.6. The summed E-state index contributed by atoms with van der Waals surface area (Å²) in [5.41, 5.74) is 3.44. The average Bonchev–Trinajstić information content (AvgIpc) is 2.51. The van der Waals surface area contributed by atoms with Crippen LogP contribution in [0.1, 0.15) is 19.4 Å². The third-order valence-electron chi connectivity index (χ3n) is 3.36. The highest BCUT2D eigenvalue weighted by molar-refractivity contribution is 9.10. The van der Waals surface area contributed by atoms with E-state index in [0.717, 1.165) is 29.8 Å². The highest BCUT2D eigenvalue weighted by Gasteiger charge is 2.03. The zero-order chi connectivity index (χ0) is 15.2. The van der Waals surface area contributed by atoms with E-state index in [-0.39, 0.29) is 0 Å². The number of halogens is 2. The zero-order valence-corrected chi connectivity index (χ0v) is 14.6. The molecule has 0 fully saturated rings. The Morgan fingerprint density at radius 2 is 1.86 bits per heavy atom. The summed E-state index contributed by atoms with van der Waals surface area (Å²) in [5, 5.41) is 3.82. The molecule has 0 radical (unpaired) electrons. The van der Waals surface area contributed by atoms with Crippen molar-refractivity contribution in [1.82, 2.24) is 4.98 Å². The molecule has 0 aliphatic carbocycles. The lowest BCUT2D eigenvalue weighted by molar-refractivity contribution is 0.865. The van der Waals surface area contributed by atoms with Gasteiger partial charge >= 0.3 is 0 Å². The number of aromatic nitrogens is 1. The third-order valence-corrected chi connectivity index (χ3v) is 4.49. The van der Waals surface area contributed by atoms with Crippen molar-refractivity contribution in [2.45, 2.75) is 20.4 Å². The molecule has 2 aromatic rings. The molecule has 1 N–H and O–H groups in total. The van der Waals surface area contributed by atoms with Gasteiger partial charge in [-0.15, -0.1) is 0 Å². The SMILES string of the molecule is CCN(CC)c1ccc(CNc2cnc(Cl)c(Br)c2)cc1. The predicted molar refractivity (Wildman–Crippen MR) is 94.3 cm³/mol. The van der Waals surface area contributed by atoms with Crippen LogP contribution in [-0.4, -0.2) is 18.1 Å². The molecule has 112 valence electrons. The standard InChI is InChI=1S/C16H19BrClN3/c1-3-21(4-2)14-7-5-12(6-8-14)10-19-13-9-15(17)16(18)20-11-13/h5-9,11,19H,3-4,10H2,1-2H3. The van der Waals surface area contributed by atoms with Gasteiger partial charge in [-0.25, -0.2) is 4.98 Å². The number of hydrogen-bond acceptors (Lipinski definition) is 3. The number of nitrogens with zero attached hydrogens (tertiary/aromatic N) is 2. The lowest BCUT2D eigenvalue weighted by Crippen LogP contribution is -2.21. The molecule has 0 spiro atoms. The Morgan fingerprint density at radius 1 is 1.19 bits per heavy atom. The number of hydrogen-bond donors (Lipinski definition) is 1. The fourth-order valence-corrected chi connectivity index (χ4v) is 2.59. The van der Waals surface area contributed by atoms with Crippen LogP contribution in [0, 0.1) is 0 Å². The largest absolute Gasteiger partial charge is 0.380 e. The molecule has 5 heteroatoms. The second-order valence-electron chi connectivity index (χ2n) is 4.69. The van der Waals surface area contributed by atoms with Gasteiger partial charge in [0.05, 0.1) is 16.4 Å². The molecule has 0 unspecified atom stereocenters. The number of pyridine rings is 1. The van der Waals surface area contributed by atoms with Gasteiger partial charge in [0, 0.05) is 25.3 Å². The van der Waals surface area contributed by atoms with E-state index < -0.39 is 0 Å². The number of anilines is 2. The predicted octanol–water partition coefficient (Wildman–Crippen LogP) is 4.96. The van der Waals surface area contributed by atoms with Crippen molar-refractivity contribution in [3.8, 4) is 0 Å². The molecule has 0 bridgehead atoms. The molecule has 2 rings (SSSR count). The van der Waals surface area contributed by atoms with Crippen molar-refractivity contribution in [3.05, 3.63) is 51.7 Å². The Kier molecular flexibility index (Phi) is 5.88. The first-order valence-corrected chi connectivity index (χ1v) is 8.20. The van der Waals surface area contributed by atoms with Gasteiger partial charge in [0.25, 0.3) is 0 Å². The number of benzene rings is 1. The Balaban J connectivity index is 1.98. The maximum Gasteiger partial charge on any atom is 0.143 e. The van der Waals surface area contributed by atoms with Gasteiger partial charge in [-0.3, -0.25) is 0 Å². The van der Waals surface area contributed by atoms with Crippen LogP contribution in [0.3, 0.4) is 0 Å². The maximum atomic E-state index is 5.88. The van der Waals surface area contributed by atoms with Crippen LogP contribution in [-0.2, 0) is 6.54 Å². The molecule has 3 nitrogen and oxygen atoms in total. The second kappa shape index (κ2) is 7.66. The Bertz CT molecular complexity index is 583. The van der Waals surface area contributed by atoms with Gasteiger partial charge in [-0.2, -0.15) is 0 Å². The smallest absolute Gasteiger partial charge is 0.143 e. The van der Waals surface area contributed by atoms with E-state index >= 15 is 0 Å². The number of nitrogens with one attached hydrogen (secondary N) is 1. The van der Waals surface area contributed by atoms with Crippen LogP contribution in [0.5, 0.6) is 0 Å². The molecule has 0 saturated heterocycles. The molecular formula is C16H19BrClN3. The molecule has 0 saturated carbocycles. The van der Waals surface area contributed by atoms with E-state index in [4.69, 9.17) is 11.6 Å². The minimum Gasteiger partial charge on any atom is -0.380 e. The van der Waals surface area contributed by atoms with E-state index in [9.17, 15) is 0 Å². The normalized spacial score (nSPS) is 10.5. The van der Waals surface area contributed by atoms with Gasteiger partial charge in [-0.05, 0) is 53.5 Å². The lowest BCUT2D eigenvalue weighted by Gasteiger charge is -2.21. The van der Waals surface area contributed by atoms with Crippen LogP contribution < -0.4 is 10.2 Å². The first-order chi connectivity index (χ1) is 10.1. The second-order valence-corrected chi connectivity index (χ2v) is 5.90. The summed E-state index contributed by atoms with van der Waals surface area (Å²) in [6.07, 6.45) is 1.73. The fourth-order valence-electron chi connectivity index (χ4n) is 2.14. The van der Waals surface area contributed by atoms with Crippen molar-refractivity contribution in [2.24, 2.45) is 0 Å². The molecule has 0 atom stereocenters. The highest BCUT2D eigenvalue weighted by Crippen LogP contribution is 2.23. The average molecular weight is 369 g/mol. The van der Waals surface area contributed by atoms with Crippen LogP contribution in [0.4, 0.5) is 11.4 Å². The molecule has 1 heterocycles. The summed E-state index contributed by atoms with van der Waals surface area (Å²) in [7, 11) is 0. The zero-order valence-electron chi connectivity index (χ0n) is 12.2. The molecule has 0 aliphatic rings. The van der Waals surface area contributed by atoms with Crippen molar-refractivity contribution >= 4 is 38.9 Å². The van der Waals surface area contributed by atoms with Crippen molar-refractivity contribution < 1.29 is 0 Å². The van der Waals surface area contributed by atoms with Gasteiger partial charge in [-0.1, -0.05) is 23.7 Å². The van der Waals surface area contributed by atoms with E-state index in [1.165, 1.54) is 11.3 Å². The molecule has 1 aromatic heterocycles. The first kappa shape index (κ1) is 16.1. The lowest BCUT2D eigenvalue weighted by atomic mass is 10.2. The highest BCUT2D eigenvalue weighted by atomic mass is 79.9. The van der Waals surface area contributed by atoms with Gasteiger partial charge in [0.15, 0.2) is 0 Å². The van der Waals surface area contributed by atoms with E-state index in [2.05, 4.69) is 69.2 Å². The molecule has 21 heavy (non-hydrogen) atoms. The van der Waals surface area contributed by atoms with Crippen LogP contribution in [0.15, 0.2) is 41.0 Å². The van der Waals surface area contributed by atoms with Crippen LogP contribution >= 0.6 is 27.5 Å². The summed E-state index contributed by atoms with van der Waals surface area (Å²) in [5.74, 6) is 0. The van der Waals surface area contributed by atoms with Crippen molar-refractivity contribution in [3.63, 3.8) is 0 Å². The summed E-state index contributed by atoms with van der Waals surface area (Å²) >= 11 is 9.26. The minimum atomic E-state index is 0.476. The number of rotatable bonds is 6. The molecule has 0 amide bonds. The van der Waals surface area contributed by atoms with Gasteiger partial charge in [0.1, 0.15) is 5.15 Å². The third kappa shape index (κ3) is 4.35. The van der Waals surface area contributed by atoms with Crippen LogP contribution in [0.2, 0.25) is 5.15 Å². The molecular weight excluding hydrogens is 350 g/mol. The van der Waals surface area contributed by atoms with Crippen molar-refractivity contribution in [1.29, 1.82) is 0 Å². The maximum absolute atomic E-state index is 5.88. The molecule has 1 aromatic carbocycles. The van der Waals surface area contributed by atoms with E-state index in [1.54, 1.807) is 6.20 Å². The Morgan fingerprint density at radius 3 is 2.43 bits per heavy atom.